The summed E-state index contributed by atoms with van der Waals surface area (Å²) in [5.74, 6) is -0.00583. The van der Waals surface area contributed by atoms with E-state index in [1.165, 1.54) is 0 Å². The second-order valence-electron chi connectivity index (χ2n) is 4.70. The summed E-state index contributed by atoms with van der Waals surface area (Å²) in [6.45, 7) is 7.19. The average Bonchev–Trinajstić information content (AvgIpc) is 2.39. The predicted octanol–water partition coefficient (Wildman–Crippen LogP) is 2.55. The lowest BCUT2D eigenvalue weighted by molar-refractivity contribution is 0.0696. The fourth-order valence-corrected chi connectivity index (χ4v) is 2.17. The van der Waals surface area contributed by atoms with E-state index in [4.69, 9.17) is 4.74 Å². The van der Waals surface area contributed by atoms with Crippen molar-refractivity contribution in [1.29, 1.82) is 0 Å². The molecule has 1 aliphatic rings. The number of ether oxygens (including phenoxy) is 1. The third-order valence-corrected chi connectivity index (χ3v) is 3.15. The van der Waals surface area contributed by atoms with Crippen LogP contribution in [0.4, 0.5) is 0 Å². The first-order valence-corrected chi connectivity index (χ1v) is 6.32. The Morgan fingerprint density at radius 3 is 2.78 bits per heavy atom. The molecule has 1 aliphatic heterocycles. The molecule has 0 radical (unpaired) electrons. The molecule has 1 fully saturated rings. The molecule has 1 heterocycles. The molecule has 1 N–H and O–H groups in total. The van der Waals surface area contributed by atoms with Gasteiger partial charge < -0.3 is 10.1 Å². The van der Waals surface area contributed by atoms with Crippen molar-refractivity contribution in [3.05, 3.63) is 41.5 Å². The average molecular weight is 245 g/mol. The van der Waals surface area contributed by atoms with Gasteiger partial charge in [-0.15, -0.1) is 0 Å². The molecule has 0 aliphatic carbocycles. The van der Waals surface area contributed by atoms with Crippen molar-refractivity contribution in [1.82, 2.24) is 5.32 Å². The summed E-state index contributed by atoms with van der Waals surface area (Å²) >= 11 is 0. The minimum Gasteiger partial charge on any atom is -0.381 e. The molecule has 1 amide bonds. The number of hydrogen-bond donors (Lipinski definition) is 1. The van der Waals surface area contributed by atoms with E-state index in [0.29, 0.717) is 5.56 Å². The molecule has 96 valence electrons. The third kappa shape index (κ3) is 3.20. The number of carbonyl (C=O) groups is 1. The van der Waals surface area contributed by atoms with Crippen LogP contribution in [0.3, 0.4) is 0 Å². The highest BCUT2D eigenvalue weighted by molar-refractivity contribution is 5.95. The number of hydrogen-bond acceptors (Lipinski definition) is 2. The Kier molecular flexibility index (Phi) is 4.15. The normalized spacial score (nSPS) is 16.3. The molecule has 1 saturated heterocycles. The topological polar surface area (TPSA) is 38.3 Å². The lowest BCUT2D eigenvalue weighted by atomic mass is 10.0. The molecule has 0 saturated carbocycles. The molecular formula is C15H19NO2. The summed E-state index contributed by atoms with van der Waals surface area (Å²) in [7, 11) is 0. The van der Waals surface area contributed by atoms with Gasteiger partial charge in [-0.25, -0.2) is 0 Å². The van der Waals surface area contributed by atoms with Crippen LogP contribution in [-0.2, 0) is 4.74 Å². The number of carbonyl (C=O) groups excluding carboxylic acids is 1. The van der Waals surface area contributed by atoms with Gasteiger partial charge in [-0.2, -0.15) is 0 Å². The van der Waals surface area contributed by atoms with Crippen LogP contribution in [0.15, 0.2) is 24.8 Å². The van der Waals surface area contributed by atoms with Crippen molar-refractivity contribution in [3.63, 3.8) is 0 Å². The van der Waals surface area contributed by atoms with E-state index >= 15 is 0 Å². The maximum atomic E-state index is 12.1. The summed E-state index contributed by atoms with van der Waals surface area (Å²) in [5.41, 5.74) is 2.76. The van der Waals surface area contributed by atoms with E-state index in [9.17, 15) is 4.79 Å². The number of benzene rings is 1. The Morgan fingerprint density at radius 1 is 1.39 bits per heavy atom. The SMILES string of the molecule is C=Cc1cc(C)cc(C(=O)NC2CCOCC2)c1. The quantitative estimate of drug-likeness (QED) is 0.888. The molecular weight excluding hydrogens is 226 g/mol. The van der Waals surface area contributed by atoms with Gasteiger partial charge in [0.15, 0.2) is 0 Å². The second-order valence-corrected chi connectivity index (χ2v) is 4.70. The molecule has 3 heteroatoms. The Balaban J connectivity index is 2.07. The summed E-state index contributed by atoms with van der Waals surface area (Å²) in [5, 5.41) is 3.06. The van der Waals surface area contributed by atoms with E-state index < -0.39 is 0 Å². The van der Waals surface area contributed by atoms with Crippen LogP contribution in [0.2, 0.25) is 0 Å². The Labute approximate surface area is 108 Å². The van der Waals surface area contributed by atoms with Gasteiger partial charge in [0.1, 0.15) is 0 Å². The molecule has 3 nitrogen and oxygen atoms in total. The van der Waals surface area contributed by atoms with Gasteiger partial charge >= 0.3 is 0 Å². The number of aryl methyl sites for hydroxylation is 1. The monoisotopic (exact) mass is 245 g/mol. The van der Waals surface area contributed by atoms with Crippen LogP contribution < -0.4 is 5.32 Å². The zero-order valence-electron chi connectivity index (χ0n) is 10.7. The summed E-state index contributed by atoms with van der Waals surface area (Å²) < 4.78 is 5.28. The lowest BCUT2D eigenvalue weighted by Crippen LogP contribution is -2.38. The minimum absolute atomic E-state index is 0.00583. The first kappa shape index (κ1) is 12.8. The van der Waals surface area contributed by atoms with Crippen LogP contribution in [-0.4, -0.2) is 25.2 Å². The Morgan fingerprint density at radius 2 is 2.11 bits per heavy atom. The molecule has 2 rings (SSSR count). The van der Waals surface area contributed by atoms with Crippen LogP contribution >= 0.6 is 0 Å². The van der Waals surface area contributed by atoms with Crippen LogP contribution in [0, 0.1) is 6.92 Å². The van der Waals surface area contributed by atoms with Crippen molar-refractivity contribution in [2.75, 3.05) is 13.2 Å². The fraction of sp³-hybridized carbons (Fsp3) is 0.400. The Hall–Kier alpha value is -1.61. The summed E-state index contributed by atoms with van der Waals surface area (Å²) in [6.07, 6.45) is 3.55. The van der Waals surface area contributed by atoms with Crippen molar-refractivity contribution >= 4 is 12.0 Å². The highest BCUT2D eigenvalue weighted by Crippen LogP contribution is 2.12. The summed E-state index contributed by atoms with van der Waals surface area (Å²) in [6, 6.07) is 6.02. The highest BCUT2D eigenvalue weighted by Gasteiger charge is 2.17. The van der Waals surface area contributed by atoms with Gasteiger partial charge in [0.25, 0.3) is 5.91 Å². The molecule has 0 atom stereocenters. The zero-order valence-corrected chi connectivity index (χ0v) is 10.7. The zero-order chi connectivity index (χ0) is 13.0. The maximum absolute atomic E-state index is 12.1. The van der Waals surface area contributed by atoms with Gasteiger partial charge in [-0.05, 0) is 43.0 Å². The molecule has 0 aromatic heterocycles. The van der Waals surface area contributed by atoms with Gasteiger partial charge in [-0.1, -0.05) is 18.7 Å². The van der Waals surface area contributed by atoms with Crippen LogP contribution in [0.5, 0.6) is 0 Å². The number of rotatable bonds is 3. The smallest absolute Gasteiger partial charge is 0.251 e. The van der Waals surface area contributed by atoms with Gasteiger partial charge in [0, 0.05) is 24.8 Å². The maximum Gasteiger partial charge on any atom is 0.251 e. The standard InChI is InChI=1S/C15H19NO2/c1-3-12-8-11(2)9-13(10-12)15(17)16-14-4-6-18-7-5-14/h3,8-10,14H,1,4-7H2,2H3,(H,16,17). The minimum atomic E-state index is -0.00583. The summed E-state index contributed by atoms with van der Waals surface area (Å²) in [4.78, 5) is 12.1. The number of nitrogens with one attached hydrogen (secondary N) is 1. The van der Waals surface area contributed by atoms with E-state index in [-0.39, 0.29) is 11.9 Å². The van der Waals surface area contributed by atoms with Crippen molar-refractivity contribution in [3.8, 4) is 0 Å². The largest absolute Gasteiger partial charge is 0.381 e. The fourth-order valence-electron chi connectivity index (χ4n) is 2.17. The number of amides is 1. The van der Waals surface area contributed by atoms with Crippen molar-refractivity contribution in [2.45, 2.75) is 25.8 Å². The van der Waals surface area contributed by atoms with Gasteiger partial charge in [-0.3, -0.25) is 4.79 Å². The van der Waals surface area contributed by atoms with E-state index in [1.54, 1.807) is 6.08 Å². The first-order valence-electron chi connectivity index (χ1n) is 6.32. The van der Waals surface area contributed by atoms with E-state index in [0.717, 1.165) is 37.2 Å². The molecule has 1 aromatic rings. The second kappa shape index (κ2) is 5.83. The van der Waals surface area contributed by atoms with E-state index in [1.807, 2.05) is 25.1 Å². The van der Waals surface area contributed by atoms with Gasteiger partial charge in [0.05, 0.1) is 0 Å². The van der Waals surface area contributed by atoms with Crippen LogP contribution in [0.25, 0.3) is 6.08 Å². The predicted molar refractivity (Wildman–Crippen MR) is 72.6 cm³/mol. The molecule has 0 spiro atoms. The highest BCUT2D eigenvalue weighted by atomic mass is 16.5. The third-order valence-electron chi connectivity index (χ3n) is 3.15. The molecule has 18 heavy (non-hydrogen) atoms. The van der Waals surface area contributed by atoms with E-state index in [2.05, 4.69) is 11.9 Å². The van der Waals surface area contributed by atoms with Crippen LogP contribution in [0.1, 0.15) is 34.3 Å². The first-order chi connectivity index (χ1) is 8.69. The Bertz CT molecular complexity index is 448. The van der Waals surface area contributed by atoms with Gasteiger partial charge in [0.2, 0.25) is 0 Å². The molecule has 1 aromatic carbocycles. The van der Waals surface area contributed by atoms with Crippen molar-refractivity contribution < 1.29 is 9.53 Å². The molecule has 0 unspecified atom stereocenters. The lowest BCUT2D eigenvalue weighted by Gasteiger charge is -2.23. The van der Waals surface area contributed by atoms with Crippen molar-refractivity contribution in [2.24, 2.45) is 0 Å². The molecule has 0 bridgehead atoms.